The van der Waals surface area contributed by atoms with E-state index in [-0.39, 0.29) is 5.92 Å². The van der Waals surface area contributed by atoms with Crippen molar-refractivity contribution in [3.05, 3.63) is 56.5 Å². The first-order chi connectivity index (χ1) is 9.66. The van der Waals surface area contributed by atoms with Crippen LogP contribution in [-0.4, -0.2) is 15.1 Å². The second-order valence-electron chi connectivity index (χ2n) is 5.01. The molecule has 2 aromatic rings. The number of rotatable bonds is 2. The van der Waals surface area contributed by atoms with Crippen molar-refractivity contribution in [2.24, 2.45) is 0 Å². The normalized spacial score (nSPS) is 19.4. The van der Waals surface area contributed by atoms with Crippen LogP contribution in [0.15, 0.2) is 39.5 Å². The number of aromatic nitrogens is 2. The van der Waals surface area contributed by atoms with Gasteiger partial charge < -0.3 is 5.11 Å². The van der Waals surface area contributed by atoms with E-state index in [9.17, 15) is 5.11 Å². The lowest BCUT2D eigenvalue weighted by Gasteiger charge is -2.28. The highest BCUT2D eigenvalue weighted by Crippen LogP contribution is 2.40. The van der Waals surface area contributed by atoms with Crippen LogP contribution in [-0.2, 0) is 6.42 Å². The van der Waals surface area contributed by atoms with Crippen LogP contribution in [0.25, 0.3) is 0 Å². The van der Waals surface area contributed by atoms with Gasteiger partial charge in [0.2, 0.25) is 0 Å². The van der Waals surface area contributed by atoms with Gasteiger partial charge in [0.05, 0.1) is 5.69 Å². The van der Waals surface area contributed by atoms with Crippen LogP contribution in [0.5, 0.6) is 0 Å². The van der Waals surface area contributed by atoms with Gasteiger partial charge in [-0.05, 0) is 68.8 Å². The van der Waals surface area contributed by atoms with Gasteiger partial charge in [0, 0.05) is 33.0 Å². The van der Waals surface area contributed by atoms with Gasteiger partial charge in [-0.2, -0.15) is 0 Å². The summed E-state index contributed by atoms with van der Waals surface area (Å²) in [4.78, 5) is 8.84. The fourth-order valence-corrected chi connectivity index (χ4v) is 4.01. The molecule has 1 N–H and O–H groups in total. The maximum Gasteiger partial charge on any atom is 0.105 e. The largest absolute Gasteiger partial charge is 0.386 e. The zero-order valence-corrected chi connectivity index (χ0v) is 13.9. The molecule has 0 amide bonds. The van der Waals surface area contributed by atoms with E-state index in [1.807, 2.05) is 12.1 Å². The van der Waals surface area contributed by atoms with Gasteiger partial charge in [-0.1, -0.05) is 6.07 Å². The van der Waals surface area contributed by atoms with Crippen LogP contribution in [0.4, 0.5) is 0 Å². The Kier molecular flexibility index (Phi) is 4.19. The van der Waals surface area contributed by atoms with E-state index in [2.05, 4.69) is 47.9 Å². The monoisotopic (exact) mass is 396 g/mol. The summed E-state index contributed by atoms with van der Waals surface area (Å²) in [7, 11) is 0. The Labute approximate surface area is 134 Å². The van der Waals surface area contributed by atoms with E-state index in [1.54, 1.807) is 12.4 Å². The Hall–Kier alpha value is -0.780. The van der Waals surface area contributed by atoms with E-state index in [0.717, 1.165) is 33.9 Å². The number of aliphatic hydroxyl groups excluding tert-OH is 1. The molecule has 0 saturated heterocycles. The Balaban J connectivity index is 1.97. The highest BCUT2D eigenvalue weighted by atomic mass is 79.9. The molecule has 1 aliphatic rings. The molecule has 0 radical (unpaired) electrons. The summed E-state index contributed by atoms with van der Waals surface area (Å²) in [5, 5.41) is 10.7. The maximum absolute atomic E-state index is 10.7. The van der Waals surface area contributed by atoms with Crippen LogP contribution in [0.3, 0.4) is 0 Å². The molecule has 2 atom stereocenters. The Morgan fingerprint density at radius 2 is 2.15 bits per heavy atom. The summed E-state index contributed by atoms with van der Waals surface area (Å²) in [5.41, 5.74) is 2.94. The lowest BCUT2D eigenvalue weighted by molar-refractivity contribution is 0.129. The third kappa shape index (κ3) is 2.67. The predicted molar refractivity (Wildman–Crippen MR) is 84.5 cm³/mol. The molecule has 104 valence electrons. The molecule has 0 aromatic carbocycles. The molecule has 1 aliphatic carbocycles. The smallest absolute Gasteiger partial charge is 0.105 e. The van der Waals surface area contributed by atoms with Crippen molar-refractivity contribution in [3.63, 3.8) is 0 Å². The van der Waals surface area contributed by atoms with Crippen LogP contribution >= 0.6 is 31.9 Å². The fraction of sp³-hybridized carbons (Fsp3) is 0.333. The number of hydrogen-bond donors (Lipinski definition) is 1. The van der Waals surface area contributed by atoms with Gasteiger partial charge in [0.25, 0.3) is 0 Å². The van der Waals surface area contributed by atoms with Crippen molar-refractivity contribution in [2.45, 2.75) is 31.3 Å². The van der Waals surface area contributed by atoms with E-state index in [4.69, 9.17) is 0 Å². The molecular formula is C15H14Br2N2O. The number of hydrogen-bond acceptors (Lipinski definition) is 3. The molecule has 0 fully saturated rings. The Morgan fingerprint density at radius 1 is 1.30 bits per heavy atom. The van der Waals surface area contributed by atoms with Gasteiger partial charge in [-0.15, -0.1) is 0 Å². The molecule has 2 heterocycles. The number of aliphatic hydroxyl groups is 1. The maximum atomic E-state index is 10.7. The third-order valence-corrected chi connectivity index (χ3v) is 4.80. The first-order valence-corrected chi connectivity index (χ1v) is 8.18. The average molecular weight is 398 g/mol. The van der Waals surface area contributed by atoms with Crippen molar-refractivity contribution in [2.75, 3.05) is 0 Å². The average Bonchev–Trinajstić information content (AvgIpc) is 2.46. The van der Waals surface area contributed by atoms with Crippen molar-refractivity contribution in [3.8, 4) is 0 Å². The van der Waals surface area contributed by atoms with Crippen molar-refractivity contribution < 1.29 is 5.11 Å². The SMILES string of the molecule is OC(c1ncc(Br)cc1Br)C1CCCc2cccnc21. The predicted octanol–water partition coefficient (Wildman–Crippen LogP) is 4.16. The van der Waals surface area contributed by atoms with Crippen molar-refractivity contribution in [1.82, 2.24) is 9.97 Å². The zero-order valence-electron chi connectivity index (χ0n) is 10.8. The van der Waals surface area contributed by atoms with Gasteiger partial charge in [-0.25, -0.2) is 0 Å². The Morgan fingerprint density at radius 3 is 2.95 bits per heavy atom. The molecule has 3 rings (SSSR count). The minimum absolute atomic E-state index is 0.0184. The molecule has 5 heteroatoms. The highest BCUT2D eigenvalue weighted by Gasteiger charge is 2.30. The van der Waals surface area contributed by atoms with Gasteiger partial charge >= 0.3 is 0 Å². The first-order valence-electron chi connectivity index (χ1n) is 6.59. The zero-order chi connectivity index (χ0) is 14.1. The summed E-state index contributed by atoms with van der Waals surface area (Å²) in [6.07, 6.45) is 5.94. The molecule has 3 nitrogen and oxygen atoms in total. The Bertz CT molecular complexity index is 633. The molecule has 0 saturated carbocycles. The number of halogens is 2. The van der Waals surface area contributed by atoms with E-state index >= 15 is 0 Å². The lowest BCUT2D eigenvalue weighted by Crippen LogP contribution is -2.19. The van der Waals surface area contributed by atoms with Crippen molar-refractivity contribution in [1.29, 1.82) is 0 Å². The van der Waals surface area contributed by atoms with Gasteiger partial charge in [0.15, 0.2) is 0 Å². The van der Waals surface area contributed by atoms with Crippen LogP contribution in [0.1, 0.15) is 41.8 Å². The standard InChI is InChI=1S/C15H14Br2N2O/c16-10-7-12(17)14(19-8-10)15(20)11-5-1-3-9-4-2-6-18-13(9)11/h2,4,6-8,11,15,20H,1,3,5H2. The second-order valence-corrected chi connectivity index (χ2v) is 6.78. The third-order valence-electron chi connectivity index (χ3n) is 3.74. The molecule has 0 bridgehead atoms. The summed E-state index contributed by atoms with van der Waals surface area (Å²) in [5.74, 6) is 0.0184. The highest BCUT2D eigenvalue weighted by molar-refractivity contribution is 9.11. The fourth-order valence-electron chi connectivity index (χ4n) is 2.79. The number of fused-ring (bicyclic) bond motifs is 1. The molecular weight excluding hydrogens is 384 g/mol. The van der Waals surface area contributed by atoms with Crippen LogP contribution < -0.4 is 0 Å². The molecule has 2 unspecified atom stereocenters. The van der Waals surface area contributed by atoms with E-state index in [1.165, 1.54) is 5.56 Å². The second kappa shape index (κ2) is 5.92. The summed E-state index contributed by atoms with van der Waals surface area (Å²) >= 11 is 6.86. The number of aryl methyl sites for hydroxylation is 1. The van der Waals surface area contributed by atoms with Crippen LogP contribution in [0, 0.1) is 0 Å². The first kappa shape index (κ1) is 14.2. The summed E-state index contributed by atoms with van der Waals surface area (Å²) < 4.78 is 1.71. The van der Waals surface area contributed by atoms with Gasteiger partial charge in [-0.3, -0.25) is 9.97 Å². The van der Waals surface area contributed by atoms with Gasteiger partial charge in [0.1, 0.15) is 6.10 Å². The lowest BCUT2D eigenvalue weighted by atomic mass is 9.82. The minimum atomic E-state index is -0.633. The molecule has 20 heavy (non-hydrogen) atoms. The van der Waals surface area contributed by atoms with E-state index < -0.39 is 6.10 Å². The topological polar surface area (TPSA) is 46.0 Å². The summed E-state index contributed by atoms with van der Waals surface area (Å²) in [6, 6.07) is 5.97. The summed E-state index contributed by atoms with van der Waals surface area (Å²) in [6.45, 7) is 0. The minimum Gasteiger partial charge on any atom is -0.386 e. The molecule has 2 aromatic heterocycles. The van der Waals surface area contributed by atoms with Crippen molar-refractivity contribution >= 4 is 31.9 Å². The quantitative estimate of drug-likeness (QED) is 0.827. The van der Waals surface area contributed by atoms with E-state index in [0.29, 0.717) is 5.69 Å². The van der Waals surface area contributed by atoms with Crippen LogP contribution in [0.2, 0.25) is 0 Å². The number of pyridine rings is 2. The number of nitrogens with zero attached hydrogens (tertiary/aromatic N) is 2. The molecule has 0 spiro atoms. The molecule has 0 aliphatic heterocycles.